The van der Waals surface area contributed by atoms with E-state index in [2.05, 4.69) is 39.5 Å². The molecule has 6 aliphatic heterocycles. The summed E-state index contributed by atoms with van der Waals surface area (Å²) in [5.41, 5.74) is 0.675. The molecule has 0 radical (unpaired) electrons. The highest BCUT2D eigenvalue weighted by atomic mass is 16.8. The van der Waals surface area contributed by atoms with Gasteiger partial charge in [-0.25, -0.2) is 28.8 Å². The van der Waals surface area contributed by atoms with Gasteiger partial charge >= 0.3 is 83.6 Å². The van der Waals surface area contributed by atoms with Crippen LogP contribution in [0.1, 0.15) is 124 Å². The second kappa shape index (κ2) is 35.7. The smallest absolute Gasteiger partial charge is 0.335 e. The van der Waals surface area contributed by atoms with Crippen molar-refractivity contribution in [3.05, 3.63) is 74.4 Å². The molecule has 12 bridgehead atoms. The molecule has 0 spiro atoms. The van der Waals surface area contributed by atoms with Gasteiger partial charge in [-0.05, 0) is 72.1 Å². The highest BCUT2D eigenvalue weighted by Gasteiger charge is 2.62. The van der Waals surface area contributed by atoms with Crippen molar-refractivity contribution in [2.24, 2.45) is 47.3 Å². The first-order chi connectivity index (χ1) is 49.6. The molecule has 6 N–H and O–H groups in total. The summed E-state index contributed by atoms with van der Waals surface area (Å²) >= 11 is 0. The molecular weight excluding hydrogens is 1400 g/mol. The molecule has 0 aromatic heterocycles. The van der Waals surface area contributed by atoms with Crippen LogP contribution in [0.5, 0.6) is 0 Å². The number of ether oxygens (including phenoxy) is 16. The van der Waals surface area contributed by atoms with E-state index in [-0.39, 0.29) is 83.0 Å². The van der Waals surface area contributed by atoms with Crippen molar-refractivity contribution in [2.75, 3.05) is 27.2 Å². The molecule has 0 aromatic carbocycles. The Morgan fingerprint density at radius 3 is 1.18 bits per heavy atom. The zero-order chi connectivity index (χ0) is 77.6. The number of carboxylic acids is 2. The normalized spacial score (nSPS) is 34.5. The number of carboxylic acid groups (broad SMARTS) is 2. The molecule has 6 aliphatic carbocycles. The van der Waals surface area contributed by atoms with Gasteiger partial charge < -0.3 is 106 Å². The minimum Gasteiger partial charge on any atom is -0.481 e. The number of fused-ring (bicyclic) bond motifs is 12. The number of hydrogen-bond donors (Lipinski definition) is 6. The first kappa shape index (κ1) is 83.0. The van der Waals surface area contributed by atoms with Crippen LogP contribution in [0, 0.1) is 47.3 Å². The van der Waals surface area contributed by atoms with E-state index in [0.717, 1.165) is 18.2 Å². The van der Waals surface area contributed by atoms with Crippen LogP contribution in [-0.2, 0) is 143 Å². The molecule has 12 rings (SSSR count). The summed E-state index contributed by atoms with van der Waals surface area (Å²) in [5.74, 6) is -16.9. The average Bonchev–Trinajstić information content (AvgIpc) is 1.64. The molecule has 6 saturated carbocycles. The Labute approximate surface area is 599 Å². The fourth-order valence-corrected chi connectivity index (χ4v) is 14.1. The highest BCUT2D eigenvalue weighted by molar-refractivity contribution is 5.89. The molecule has 20 atom stereocenters. The Morgan fingerprint density at radius 2 is 0.790 bits per heavy atom. The maximum Gasteiger partial charge on any atom is 0.335 e. The minimum atomic E-state index is -1.38. The van der Waals surface area contributed by atoms with Crippen molar-refractivity contribution < 1.29 is 174 Å². The number of aliphatic carboxylic acids is 2. The molecule has 0 aromatic rings. The third kappa shape index (κ3) is 19.4. The van der Waals surface area contributed by atoms with E-state index in [1.807, 2.05) is 0 Å². The van der Waals surface area contributed by atoms with Gasteiger partial charge in [0, 0.05) is 86.3 Å². The molecule has 6 saturated heterocycles. The quantitative estimate of drug-likeness (QED) is 0.0390. The SMILES string of the molecule is C=C(C)C(=O)OC1(OCO)CCC2CC1OC2=O.C=C(C)C(=O)OC1C2CC(CC1C(=O)O)C(=O)O2.C=C(C)C(=O)OC1CCC2CC1(OCO)OC2=O.C=CC(=O)OC1(OCO)CCC2CC1OC2=O.C=CC(=O)OC1C2CC(CC1C(=O)O)C(=O)O2.C=CC(=O)OC1CCC2CC1(OCO)OC2=O. The van der Waals surface area contributed by atoms with Gasteiger partial charge in [-0.2, -0.15) is 0 Å². The van der Waals surface area contributed by atoms with Crippen LogP contribution in [0.15, 0.2) is 74.4 Å². The fourth-order valence-electron chi connectivity index (χ4n) is 14.1. The zero-order valence-corrected chi connectivity index (χ0v) is 57.8. The standard InChI is InChI=1S/C12H14O6.2C12H16O6.C11H12O6.2C11H14O6/c1-5(2)11(15)18-9-7(10(13)14)3-6-4-8(9)17-12(6)16;1-7(2)10(14)18-12(16-6-13)4-3-8-5-9(12)17-11(8)15;1-7(2)10(14)17-9-4-3-8-5-12(9,16-6-13)18-11(8)15;1-2-8(12)17-9-6(10(13)14)3-5-4-7(9)16-11(5)15;1-2-9(13)17-11(15-6-12)4-3-7-5-8(11)16-10(7)14;1-2-9(13)16-8-4-3-7-5-11(8,15-6-12)17-10(7)14/h6-9H,1,3-4H2,2H3,(H,13,14);2*8-9,13H,1,3-6H2,2H3;2,5-7,9H,1,3-4H2,(H,13,14);2*2,7-8,12H,1,3-6H2. The maximum atomic E-state index is 11.6. The fraction of sp³-hybridized carbons (Fsp3) is 0.623. The predicted octanol–water partition coefficient (Wildman–Crippen LogP) is 1.83. The molecular formula is C69H86O36. The van der Waals surface area contributed by atoms with Crippen molar-refractivity contribution in [2.45, 2.75) is 195 Å². The summed E-state index contributed by atoms with van der Waals surface area (Å²) in [4.78, 5) is 159. The van der Waals surface area contributed by atoms with Gasteiger partial charge in [-0.1, -0.05) is 39.5 Å². The monoisotopic (exact) mass is 1490 g/mol. The van der Waals surface area contributed by atoms with Gasteiger partial charge in [0.05, 0.1) is 47.3 Å². The molecule has 36 heteroatoms. The topological polar surface area (TPSA) is 508 Å². The summed E-state index contributed by atoms with van der Waals surface area (Å²) in [6, 6.07) is 0. The highest BCUT2D eigenvalue weighted by Crippen LogP contribution is 2.49. The summed E-state index contributed by atoms with van der Waals surface area (Å²) in [6.07, 6.45) is 3.61. The molecule has 12 fully saturated rings. The van der Waals surface area contributed by atoms with Crippen molar-refractivity contribution in [3.63, 3.8) is 0 Å². The molecule has 36 nitrogen and oxygen atoms in total. The van der Waals surface area contributed by atoms with Crippen LogP contribution in [0.25, 0.3) is 0 Å². The second-order valence-electron chi connectivity index (χ2n) is 26.5. The third-order valence-electron chi connectivity index (χ3n) is 19.5. The maximum absolute atomic E-state index is 11.6. The van der Waals surface area contributed by atoms with Crippen molar-refractivity contribution in [1.82, 2.24) is 0 Å². The Kier molecular flexibility index (Phi) is 28.2. The lowest BCUT2D eigenvalue weighted by Gasteiger charge is -2.38. The minimum absolute atomic E-state index is 0.152. The van der Waals surface area contributed by atoms with Gasteiger partial charge in [0.2, 0.25) is 0 Å². The second-order valence-corrected chi connectivity index (χ2v) is 26.5. The molecule has 12 aliphatic rings. The van der Waals surface area contributed by atoms with Gasteiger partial charge in [0.1, 0.15) is 39.4 Å². The van der Waals surface area contributed by atoms with Crippen LogP contribution in [-0.4, -0.2) is 213 Å². The summed E-state index contributed by atoms with van der Waals surface area (Å²) in [6.45, 7) is 22.4. The van der Waals surface area contributed by atoms with E-state index in [0.29, 0.717) is 89.9 Å². The van der Waals surface area contributed by atoms with E-state index in [4.69, 9.17) is 106 Å². The Morgan fingerprint density at radius 1 is 0.419 bits per heavy atom. The molecule has 578 valence electrons. The molecule has 20 unspecified atom stereocenters. The zero-order valence-electron chi connectivity index (χ0n) is 57.8. The van der Waals surface area contributed by atoms with Crippen molar-refractivity contribution in [1.29, 1.82) is 0 Å². The lowest BCUT2D eigenvalue weighted by molar-refractivity contribution is -0.293. The van der Waals surface area contributed by atoms with Gasteiger partial charge in [0.15, 0.2) is 36.6 Å². The van der Waals surface area contributed by atoms with Crippen LogP contribution in [0.4, 0.5) is 0 Å². The summed E-state index contributed by atoms with van der Waals surface area (Å²) in [5, 5.41) is 53.8. The van der Waals surface area contributed by atoms with E-state index in [1.54, 1.807) is 0 Å². The average molecular weight is 1490 g/mol. The van der Waals surface area contributed by atoms with E-state index in [9.17, 15) is 67.1 Å². The Hall–Kier alpha value is -9.30. The number of aliphatic hydroxyl groups is 4. The number of carbonyl (C=O) groups excluding carboxylic acids is 12. The largest absolute Gasteiger partial charge is 0.481 e. The third-order valence-corrected chi connectivity index (χ3v) is 19.5. The predicted molar refractivity (Wildman–Crippen MR) is 339 cm³/mol. The van der Waals surface area contributed by atoms with Crippen molar-refractivity contribution >= 4 is 83.6 Å². The van der Waals surface area contributed by atoms with Crippen LogP contribution < -0.4 is 0 Å². The number of hydrogen-bond acceptors (Lipinski definition) is 34. The summed E-state index contributed by atoms with van der Waals surface area (Å²) < 4.78 is 82.0. The number of aliphatic hydroxyl groups excluding tert-OH is 4. The van der Waals surface area contributed by atoms with E-state index >= 15 is 0 Å². The lowest BCUT2D eigenvalue weighted by atomic mass is 9.79. The number of rotatable bonds is 22. The van der Waals surface area contributed by atoms with Gasteiger partial charge in [-0.3, -0.25) is 38.4 Å². The molecule has 0 amide bonds. The van der Waals surface area contributed by atoms with Crippen LogP contribution in [0.3, 0.4) is 0 Å². The van der Waals surface area contributed by atoms with Crippen LogP contribution >= 0.6 is 0 Å². The summed E-state index contributed by atoms with van der Waals surface area (Å²) in [7, 11) is 0. The van der Waals surface area contributed by atoms with Gasteiger partial charge in [-0.15, -0.1) is 0 Å². The van der Waals surface area contributed by atoms with E-state index < -0.39 is 177 Å². The van der Waals surface area contributed by atoms with Crippen LogP contribution in [0.2, 0.25) is 0 Å². The Balaban J connectivity index is 0.000000176. The number of carbonyl (C=O) groups is 14. The molecule has 6 heterocycles. The van der Waals surface area contributed by atoms with Crippen molar-refractivity contribution in [3.8, 4) is 0 Å². The lowest BCUT2D eigenvalue weighted by Crippen LogP contribution is -2.50. The molecule has 105 heavy (non-hydrogen) atoms. The van der Waals surface area contributed by atoms with Gasteiger partial charge in [0.25, 0.3) is 23.1 Å². The first-order valence-electron chi connectivity index (χ1n) is 33.5. The Bertz CT molecular complexity index is 3430. The van der Waals surface area contributed by atoms with E-state index in [1.165, 1.54) is 20.8 Å². The number of esters is 12. The first-order valence-corrected chi connectivity index (χ1v) is 33.5.